The number of sulfonamides is 1. The molecule has 1 N–H and O–H groups in total. The van der Waals surface area contributed by atoms with Gasteiger partial charge in [0.05, 0.1) is 10.7 Å². The quantitative estimate of drug-likeness (QED) is 0.608. The molecule has 1 heterocycles. The number of aromatic nitrogens is 1. The van der Waals surface area contributed by atoms with Crippen molar-refractivity contribution < 1.29 is 13.2 Å². The van der Waals surface area contributed by atoms with Gasteiger partial charge in [0.1, 0.15) is 4.90 Å². The molecule has 6 nitrogen and oxygen atoms in total. The molecule has 0 aliphatic carbocycles. The van der Waals surface area contributed by atoms with Crippen LogP contribution in [0.5, 0.6) is 0 Å². The van der Waals surface area contributed by atoms with Gasteiger partial charge in [0.25, 0.3) is 5.91 Å². The number of hydrogen-bond donors (Lipinski definition) is 1. The van der Waals surface area contributed by atoms with Crippen LogP contribution >= 0.6 is 34.5 Å². The van der Waals surface area contributed by atoms with Crippen molar-refractivity contribution in [1.82, 2.24) is 9.29 Å². The largest absolute Gasteiger partial charge is 0.298 e. The van der Waals surface area contributed by atoms with Gasteiger partial charge in [-0.05, 0) is 24.3 Å². The van der Waals surface area contributed by atoms with Gasteiger partial charge < -0.3 is 0 Å². The van der Waals surface area contributed by atoms with Gasteiger partial charge in [-0.2, -0.15) is 0 Å². The maximum atomic E-state index is 12.6. The van der Waals surface area contributed by atoms with Crippen molar-refractivity contribution >= 4 is 55.6 Å². The van der Waals surface area contributed by atoms with Gasteiger partial charge in [-0.3, -0.25) is 10.1 Å². The Hall–Kier alpha value is -1.97. The first kappa shape index (κ1) is 20.8. The fourth-order valence-electron chi connectivity index (χ4n) is 2.33. The molecule has 146 valence electrons. The van der Waals surface area contributed by atoms with Crippen molar-refractivity contribution in [2.24, 2.45) is 0 Å². The topological polar surface area (TPSA) is 79.4 Å². The van der Waals surface area contributed by atoms with E-state index in [0.717, 1.165) is 9.87 Å². The molecular formula is C18H15Cl2N3O3S2. The lowest BCUT2D eigenvalue weighted by atomic mass is 10.2. The second-order valence-corrected chi connectivity index (χ2v) is 9.70. The van der Waals surface area contributed by atoms with Crippen LogP contribution in [-0.2, 0) is 10.0 Å². The second-order valence-electron chi connectivity index (χ2n) is 5.90. The predicted octanol–water partition coefficient (Wildman–Crippen LogP) is 4.62. The zero-order valence-electron chi connectivity index (χ0n) is 14.8. The van der Waals surface area contributed by atoms with Gasteiger partial charge in [0, 0.05) is 35.6 Å². The number of hydrogen-bond acceptors (Lipinski definition) is 5. The summed E-state index contributed by atoms with van der Waals surface area (Å²) < 4.78 is 25.8. The summed E-state index contributed by atoms with van der Waals surface area (Å²) in [6.07, 6.45) is 0. The van der Waals surface area contributed by atoms with Gasteiger partial charge >= 0.3 is 0 Å². The fourth-order valence-corrected chi connectivity index (χ4v) is 4.66. The first-order valence-corrected chi connectivity index (χ1v) is 11.0. The molecule has 0 saturated heterocycles. The maximum Gasteiger partial charge on any atom is 0.257 e. The highest BCUT2D eigenvalue weighted by Gasteiger charge is 2.22. The number of halogens is 2. The fraction of sp³-hybridized carbons (Fsp3) is 0.111. The van der Waals surface area contributed by atoms with Crippen LogP contribution in [-0.4, -0.2) is 37.7 Å². The summed E-state index contributed by atoms with van der Waals surface area (Å²) in [6.45, 7) is 0. The molecule has 0 radical (unpaired) electrons. The summed E-state index contributed by atoms with van der Waals surface area (Å²) in [5, 5.41) is 5.41. The molecular weight excluding hydrogens is 441 g/mol. The van der Waals surface area contributed by atoms with Crippen LogP contribution in [0.1, 0.15) is 10.4 Å². The Balaban J connectivity index is 1.86. The Bertz CT molecular complexity index is 1140. The summed E-state index contributed by atoms with van der Waals surface area (Å²) in [5.74, 6) is -0.494. The monoisotopic (exact) mass is 455 g/mol. The summed E-state index contributed by atoms with van der Waals surface area (Å²) in [7, 11) is -0.993. The normalized spacial score (nSPS) is 11.6. The van der Waals surface area contributed by atoms with E-state index in [1.165, 1.54) is 43.6 Å². The zero-order valence-corrected chi connectivity index (χ0v) is 18.0. The molecule has 0 fully saturated rings. The molecule has 28 heavy (non-hydrogen) atoms. The van der Waals surface area contributed by atoms with E-state index in [1.807, 2.05) is 18.2 Å². The minimum Gasteiger partial charge on any atom is -0.298 e. The molecule has 0 spiro atoms. The number of rotatable bonds is 5. The number of carbonyl (C=O) groups is 1. The molecule has 0 aliphatic rings. The van der Waals surface area contributed by atoms with E-state index in [1.54, 1.807) is 11.4 Å². The van der Waals surface area contributed by atoms with E-state index < -0.39 is 15.9 Å². The Labute approximate surface area is 176 Å². The second kappa shape index (κ2) is 8.18. The van der Waals surface area contributed by atoms with Crippen molar-refractivity contribution in [2.75, 3.05) is 19.4 Å². The van der Waals surface area contributed by atoms with Crippen LogP contribution in [0.15, 0.2) is 52.7 Å². The van der Waals surface area contributed by atoms with Crippen molar-refractivity contribution in [1.29, 1.82) is 0 Å². The van der Waals surface area contributed by atoms with Gasteiger partial charge in [-0.25, -0.2) is 17.7 Å². The van der Waals surface area contributed by atoms with Crippen molar-refractivity contribution in [3.63, 3.8) is 0 Å². The molecule has 3 rings (SSSR count). The van der Waals surface area contributed by atoms with E-state index in [-0.39, 0.29) is 15.5 Å². The molecule has 2 aromatic carbocycles. The molecule has 0 saturated carbocycles. The average molecular weight is 456 g/mol. The molecule has 0 bridgehead atoms. The molecule has 1 aromatic heterocycles. The molecule has 0 aliphatic heterocycles. The highest BCUT2D eigenvalue weighted by Crippen LogP contribution is 2.31. The summed E-state index contributed by atoms with van der Waals surface area (Å²) >= 11 is 13.4. The predicted molar refractivity (Wildman–Crippen MR) is 113 cm³/mol. The Kier molecular flexibility index (Phi) is 6.07. The number of nitrogens with one attached hydrogen (secondary N) is 1. The molecule has 0 atom stereocenters. The van der Waals surface area contributed by atoms with Crippen LogP contribution in [0, 0.1) is 0 Å². The highest BCUT2D eigenvalue weighted by molar-refractivity contribution is 7.89. The first-order valence-electron chi connectivity index (χ1n) is 7.94. The van der Waals surface area contributed by atoms with Crippen LogP contribution < -0.4 is 5.32 Å². The maximum absolute atomic E-state index is 12.6. The molecule has 1 amide bonds. The van der Waals surface area contributed by atoms with Crippen LogP contribution in [0.2, 0.25) is 10.0 Å². The Morgan fingerprint density at radius 1 is 1.11 bits per heavy atom. The minimum absolute atomic E-state index is 0.0421. The lowest BCUT2D eigenvalue weighted by Crippen LogP contribution is -2.23. The number of nitrogens with zero attached hydrogens (tertiary/aromatic N) is 2. The summed E-state index contributed by atoms with van der Waals surface area (Å²) in [4.78, 5) is 16.8. The zero-order chi connectivity index (χ0) is 20.5. The van der Waals surface area contributed by atoms with E-state index in [0.29, 0.717) is 15.8 Å². The number of benzene rings is 2. The van der Waals surface area contributed by atoms with Gasteiger partial charge in [0.15, 0.2) is 5.13 Å². The minimum atomic E-state index is -3.78. The summed E-state index contributed by atoms with van der Waals surface area (Å²) in [6, 6.07) is 11.3. The third-order valence-corrected chi connectivity index (χ3v) is 7.21. The number of thiazole rings is 1. The van der Waals surface area contributed by atoms with Crippen LogP contribution in [0.25, 0.3) is 11.3 Å². The van der Waals surface area contributed by atoms with E-state index in [2.05, 4.69) is 10.3 Å². The highest BCUT2D eigenvalue weighted by atomic mass is 35.5. The lowest BCUT2D eigenvalue weighted by Gasteiger charge is -2.13. The smallest absolute Gasteiger partial charge is 0.257 e. The van der Waals surface area contributed by atoms with Crippen LogP contribution in [0.3, 0.4) is 0 Å². The van der Waals surface area contributed by atoms with Gasteiger partial charge in [0.2, 0.25) is 10.0 Å². The third-order valence-electron chi connectivity index (χ3n) is 3.83. The van der Waals surface area contributed by atoms with Crippen molar-refractivity contribution in [2.45, 2.75) is 4.90 Å². The number of carbonyl (C=O) groups excluding carboxylic acids is 1. The number of anilines is 1. The summed E-state index contributed by atoms with van der Waals surface area (Å²) in [5.41, 5.74) is 1.55. The van der Waals surface area contributed by atoms with E-state index >= 15 is 0 Å². The Morgan fingerprint density at radius 3 is 2.50 bits per heavy atom. The van der Waals surface area contributed by atoms with E-state index in [9.17, 15) is 13.2 Å². The average Bonchev–Trinajstić information content (AvgIpc) is 3.10. The van der Waals surface area contributed by atoms with Gasteiger partial charge in [-0.15, -0.1) is 11.3 Å². The number of amides is 1. The Morgan fingerprint density at radius 2 is 1.82 bits per heavy atom. The SMILES string of the molecule is CN(C)S(=O)(=O)c1cc(C(=O)Nc2nc(-c3ccccc3Cl)cs2)ccc1Cl. The van der Waals surface area contributed by atoms with Crippen molar-refractivity contribution in [3.8, 4) is 11.3 Å². The third kappa shape index (κ3) is 4.21. The standard InChI is InChI=1S/C18H15Cl2N3O3S2/c1-23(2)28(25,26)16-9-11(7-8-14(16)20)17(24)22-18-21-15(10-27-18)12-5-3-4-6-13(12)19/h3-10H,1-2H3,(H,21,22,24). The lowest BCUT2D eigenvalue weighted by molar-refractivity contribution is 0.102. The van der Waals surface area contributed by atoms with Gasteiger partial charge in [-0.1, -0.05) is 41.4 Å². The molecule has 10 heteroatoms. The van der Waals surface area contributed by atoms with Crippen molar-refractivity contribution in [3.05, 3.63) is 63.5 Å². The van der Waals surface area contributed by atoms with Crippen LogP contribution in [0.4, 0.5) is 5.13 Å². The van der Waals surface area contributed by atoms with E-state index in [4.69, 9.17) is 23.2 Å². The molecule has 0 unspecified atom stereocenters. The first-order chi connectivity index (χ1) is 13.2. The molecule has 3 aromatic rings.